The second kappa shape index (κ2) is 8.70. The summed E-state index contributed by atoms with van der Waals surface area (Å²) in [6.45, 7) is 6.94. The molecule has 0 unspecified atom stereocenters. The summed E-state index contributed by atoms with van der Waals surface area (Å²) in [4.78, 5) is 19.5. The van der Waals surface area contributed by atoms with Gasteiger partial charge in [0, 0.05) is 74.1 Å². The molecular formula is C23H29N3O3S. The maximum absolute atomic E-state index is 11.6. The first-order chi connectivity index (χ1) is 14.5. The molecule has 30 heavy (non-hydrogen) atoms. The van der Waals surface area contributed by atoms with Crippen LogP contribution in [0.5, 0.6) is 11.5 Å². The van der Waals surface area contributed by atoms with Gasteiger partial charge in [-0.1, -0.05) is 6.07 Å². The Hall–Kier alpha value is -2.51. The number of hydrogen-bond acceptors (Lipinski definition) is 6. The third kappa shape index (κ3) is 4.18. The predicted octanol–water partition coefficient (Wildman–Crippen LogP) is 1.31. The average molecular weight is 428 g/mol. The monoisotopic (exact) mass is 427 g/mol. The van der Waals surface area contributed by atoms with Gasteiger partial charge in [0.1, 0.15) is 0 Å². The number of hydrogen-bond donors (Lipinski definition) is 0. The zero-order chi connectivity index (χ0) is 21.3. The van der Waals surface area contributed by atoms with Crippen molar-refractivity contribution in [3.63, 3.8) is 0 Å². The first-order valence-corrected chi connectivity index (χ1v) is 11.0. The van der Waals surface area contributed by atoms with Gasteiger partial charge in [0.05, 0.1) is 14.2 Å². The van der Waals surface area contributed by atoms with Crippen LogP contribution in [0.2, 0.25) is 0 Å². The van der Waals surface area contributed by atoms with Crippen LogP contribution in [0.15, 0.2) is 24.3 Å². The Morgan fingerprint density at radius 2 is 1.80 bits per heavy atom. The fourth-order valence-corrected chi connectivity index (χ4v) is 5.39. The van der Waals surface area contributed by atoms with Crippen molar-refractivity contribution < 1.29 is 14.3 Å². The van der Waals surface area contributed by atoms with Gasteiger partial charge in [0.15, 0.2) is 11.5 Å². The number of fused-ring (bicyclic) bond motifs is 1. The molecule has 4 rings (SSSR count). The van der Waals surface area contributed by atoms with Gasteiger partial charge in [-0.05, 0) is 29.3 Å². The van der Waals surface area contributed by atoms with Crippen molar-refractivity contribution in [2.75, 3.05) is 54.0 Å². The second-order valence-corrected chi connectivity index (χ2v) is 9.01. The Labute approximate surface area is 181 Å². The Kier molecular flexibility index (Phi) is 6.01. The van der Waals surface area contributed by atoms with E-state index >= 15 is 0 Å². The van der Waals surface area contributed by atoms with Crippen LogP contribution in [0.1, 0.15) is 17.4 Å². The van der Waals surface area contributed by atoms with Gasteiger partial charge >= 0.3 is 0 Å². The summed E-state index contributed by atoms with van der Waals surface area (Å²) in [5.74, 6) is 1.67. The molecule has 0 radical (unpaired) electrons. The number of rotatable bonds is 5. The van der Waals surface area contributed by atoms with Crippen LogP contribution in [-0.4, -0.2) is 74.6 Å². The Morgan fingerprint density at radius 3 is 2.47 bits per heavy atom. The van der Waals surface area contributed by atoms with E-state index in [4.69, 9.17) is 9.47 Å². The topological polar surface area (TPSA) is 45.2 Å². The molecule has 0 N–H and O–H groups in total. The molecule has 7 heteroatoms. The minimum absolute atomic E-state index is 0.174. The van der Waals surface area contributed by atoms with Crippen LogP contribution in [0.4, 0.5) is 0 Å². The highest BCUT2D eigenvalue weighted by molar-refractivity contribution is 7.10. The summed E-state index contributed by atoms with van der Waals surface area (Å²) < 4.78 is 12.3. The molecule has 2 aliphatic rings. The molecule has 1 amide bonds. The van der Waals surface area contributed by atoms with Crippen LogP contribution >= 0.6 is 11.3 Å². The van der Waals surface area contributed by atoms with Crippen molar-refractivity contribution in [1.29, 1.82) is 0 Å². The Morgan fingerprint density at radius 1 is 1.07 bits per heavy atom. The number of likely N-dealkylation sites (N-methyl/N-ethyl adjacent to an activating group) is 1. The smallest absolute Gasteiger partial charge is 0.219 e. The number of benzene rings is 1. The van der Waals surface area contributed by atoms with E-state index in [1.807, 2.05) is 22.3 Å². The predicted molar refractivity (Wildman–Crippen MR) is 120 cm³/mol. The van der Waals surface area contributed by atoms with Crippen molar-refractivity contribution >= 4 is 29.0 Å². The molecule has 2 aromatic rings. The molecule has 3 heterocycles. The number of amides is 1. The van der Waals surface area contributed by atoms with Crippen molar-refractivity contribution in [3.05, 3.63) is 44.5 Å². The third-order valence-corrected chi connectivity index (χ3v) is 6.98. The van der Waals surface area contributed by atoms with E-state index in [-0.39, 0.29) is 5.91 Å². The number of carbonyl (C=O) groups excluding carboxylic acids is 1. The molecule has 6 nitrogen and oxygen atoms in total. The van der Waals surface area contributed by atoms with Crippen LogP contribution in [-0.2, 0) is 11.3 Å². The van der Waals surface area contributed by atoms with E-state index in [0.29, 0.717) is 0 Å². The van der Waals surface area contributed by atoms with E-state index in [1.54, 1.807) is 21.1 Å². The maximum atomic E-state index is 11.6. The van der Waals surface area contributed by atoms with Crippen molar-refractivity contribution in [1.82, 2.24) is 14.7 Å². The lowest BCUT2D eigenvalue weighted by Gasteiger charge is -2.33. The van der Waals surface area contributed by atoms with Crippen LogP contribution in [0.3, 0.4) is 0 Å². The highest BCUT2D eigenvalue weighted by Crippen LogP contribution is 2.30. The maximum Gasteiger partial charge on any atom is 0.219 e. The lowest BCUT2D eigenvalue weighted by molar-refractivity contribution is -0.130. The largest absolute Gasteiger partial charge is 0.493 e. The van der Waals surface area contributed by atoms with Crippen LogP contribution in [0.25, 0.3) is 11.8 Å². The highest BCUT2D eigenvalue weighted by Gasteiger charge is 2.20. The number of thiophene rings is 1. The number of piperazine rings is 1. The highest BCUT2D eigenvalue weighted by atomic mass is 32.1. The molecule has 2 aliphatic heterocycles. The molecule has 1 saturated heterocycles. The molecule has 0 spiro atoms. The normalized spacial score (nSPS) is 16.9. The van der Waals surface area contributed by atoms with E-state index < -0.39 is 0 Å². The number of nitrogens with zero attached hydrogens (tertiary/aromatic N) is 3. The first kappa shape index (κ1) is 20.8. The summed E-state index contributed by atoms with van der Waals surface area (Å²) in [6.07, 6.45) is 2.23. The molecule has 0 bridgehead atoms. The van der Waals surface area contributed by atoms with Gasteiger partial charge in [-0.15, -0.1) is 11.3 Å². The lowest BCUT2D eigenvalue weighted by atomic mass is 10.0. The molecule has 1 fully saturated rings. The van der Waals surface area contributed by atoms with Gasteiger partial charge in [-0.2, -0.15) is 0 Å². The van der Waals surface area contributed by atoms with E-state index in [2.05, 4.69) is 41.2 Å². The third-order valence-electron chi connectivity index (χ3n) is 5.78. The minimum atomic E-state index is 0.174. The zero-order valence-corrected chi connectivity index (χ0v) is 18.9. The van der Waals surface area contributed by atoms with Crippen molar-refractivity contribution in [3.8, 4) is 11.5 Å². The average Bonchev–Trinajstić information content (AvgIpc) is 3.14. The van der Waals surface area contributed by atoms with Gasteiger partial charge in [-0.25, -0.2) is 0 Å². The molecule has 0 saturated carbocycles. The van der Waals surface area contributed by atoms with E-state index in [1.165, 1.54) is 20.2 Å². The van der Waals surface area contributed by atoms with E-state index in [9.17, 15) is 4.79 Å². The summed E-state index contributed by atoms with van der Waals surface area (Å²) >= 11 is 1.88. The first-order valence-electron chi connectivity index (χ1n) is 10.2. The number of methoxy groups -OCH3 is 2. The Balaban J connectivity index is 1.64. The second-order valence-electron chi connectivity index (χ2n) is 7.87. The lowest BCUT2D eigenvalue weighted by Crippen LogP contribution is -2.47. The van der Waals surface area contributed by atoms with E-state index in [0.717, 1.165) is 56.3 Å². The van der Waals surface area contributed by atoms with Gasteiger partial charge in [0.25, 0.3) is 0 Å². The molecule has 1 aromatic heterocycles. The van der Waals surface area contributed by atoms with Crippen LogP contribution in [0, 0.1) is 0 Å². The summed E-state index contributed by atoms with van der Waals surface area (Å²) in [7, 11) is 5.45. The van der Waals surface area contributed by atoms with Gasteiger partial charge < -0.3 is 19.3 Å². The van der Waals surface area contributed by atoms with Gasteiger partial charge in [0.2, 0.25) is 5.91 Å². The zero-order valence-electron chi connectivity index (χ0n) is 18.1. The summed E-state index contributed by atoms with van der Waals surface area (Å²) in [5, 5.41) is 1.27. The molecule has 1 aromatic carbocycles. The minimum Gasteiger partial charge on any atom is -0.493 e. The molecule has 0 aliphatic carbocycles. The molecule has 0 atom stereocenters. The van der Waals surface area contributed by atoms with Crippen molar-refractivity contribution in [2.24, 2.45) is 0 Å². The Bertz CT molecular complexity index is 1050. The molecule has 160 valence electrons. The quantitative estimate of drug-likeness (QED) is 0.720. The fraction of sp³-hybridized carbons (Fsp3) is 0.435. The van der Waals surface area contributed by atoms with Gasteiger partial charge in [-0.3, -0.25) is 9.69 Å². The van der Waals surface area contributed by atoms with Crippen molar-refractivity contribution in [2.45, 2.75) is 13.5 Å². The number of ether oxygens (including phenoxy) is 2. The molecular weight excluding hydrogens is 398 g/mol. The van der Waals surface area contributed by atoms with Crippen LogP contribution < -0.4 is 19.2 Å². The summed E-state index contributed by atoms with van der Waals surface area (Å²) in [6, 6.07) is 8.47. The standard InChI is InChI=1S/C23H29N3O3S/c1-16(27)26-9-7-25(8-10-26)14-19-11-18-13-24(2)15-20(23(18)30-19)17-5-6-21(28-3)22(12-17)29-4/h5-6,11-13H,7-10,14-15H2,1-4H3. The SMILES string of the molecule is COc1ccc(C2=c3sc(CN4CCN(C(C)=O)CC4)cc3=CN(C)C2)cc1OC. The number of carbonyl (C=O) groups is 1. The summed E-state index contributed by atoms with van der Waals surface area (Å²) in [5.41, 5.74) is 2.48. The fourth-order valence-electron chi connectivity index (χ4n) is 4.16.